The number of para-hydroxylation sites is 1. The number of nitrogens with zero attached hydrogens (tertiary/aromatic N) is 3. The number of anilines is 1. The summed E-state index contributed by atoms with van der Waals surface area (Å²) in [7, 11) is 0. The van der Waals surface area contributed by atoms with E-state index < -0.39 is 0 Å². The van der Waals surface area contributed by atoms with Crippen LogP contribution < -0.4 is 5.32 Å². The van der Waals surface area contributed by atoms with Crippen LogP contribution in [0.2, 0.25) is 0 Å². The Morgan fingerprint density at radius 3 is 2.75 bits per heavy atom. The predicted octanol–water partition coefficient (Wildman–Crippen LogP) is 3.76. The molecule has 1 N–H and O–H groups in total. The number of fused-ring (bicyclic) bond motifs is 3. The van der Waals surface area contributed by atoms with Gasteiger partial charge in [-0.25, -0.2) is 9.97 Å². The Morgan fingerprint density at radius 1 is 1.07 bits per heavy atom. The lowest BCUT2D eigenvalue weighted by atomic mass is 10.1. The highest BCUT2D eigenvalue weighted by molar-refractivity contribution is 6.05. The number of benzene rings is 1. The fourth-order valence-electron chi connectivity index (χ4n) is 3.77. The van der Waals surface area contributed by atoms with Crippen LogP contribution in [0, 0.1) is 6.92 Å². The fraction of sp³-hybridized carbons (Fsp3) is 0.333. The Hall–Kier alpha value is -2.90. The second-order valence-corrected chi connectivity index (χ2v) is 6.99. The largest absolute Gasteiger partial charge is 0.465 e. The van der Waals surface area contributed by atoms with Gasteiger partial charge in [0.15, 0.2) is 11.4 Å². The molecule has 0 aliphatic carbocycles. The smallest absolute Gasteiger partial charge is 0.196 e. The first-order chi connectivity index (χ1) is 13.8. The average molecular weight is 378 g/mol. The molecule has 4 heterocycles. The first-order valence-corrected chi connectivity index (χ1v) is 9.54. The van der Waals surface area contributed by atoms with E-state index in [1.807, 2.05) is 43.3 Å². The van der Waals surface area contributed by atoms with Crippen molar-refractivity contribution >= 4 is 27.9 Å². The zero-order valence-corrected chi connectivity index (χ0v) is 15.7. The van der Waals surface area contributed by atoms with Crippen LogP contribution in [-0.2, 0) is 4.74 Å². The molecular formula is C21H22N4O3. The molecule has 28 heavy (non-hydrogen) atoms. The summed E-state index contributed by atoms with van der Waals surface area (Å²) in [6.45, 7) is 5.83. The third-order valence-corrected chi connectivity index (χ3v) is 5.20. The van der Waals surface area contributed by atoms with Crippen molar-refractivity contribution in [3.05, 3.63) is 54.2 Å². The molecule has 1 fully saturated rings. The van der Waals surface area contributed by atoms with Crippen molar-refractivity contribution in [2.45, 2.75) is 13.0 Å². The van der Waals surface area contributed by atoms with Crippen molar-refractivity contribution in [3.8, 4) is 0 Å². The molecule has 0 amide bonds. The van der Waals surface area contributed by atoms with Gasteiger partial charge >= 0.3 is 0 Å². The van der Waals surface area contributed by atoms with Crippen molar-refractivity contribution in [2.75, 3.05) is 38.2 Å². The van der Waals surface area contributed by atoms with Gasteiger partial charge in [-0.05, 0) is 31.2 Å². The minimum atomic E-state index is 0.0898. The third-order valence-electron chi connectivity index (χ3n) is 5.20. The van der Waals surface area contributed by atoms with Crippen LogP contribution in [-0.4, -0.2) is 47.7 Å². The van der Waals surface area contributed by atoms with Crippen LogP contribution in [0.15, 0.2) is 51.6 Å². The molecule has 3 aromatic heterocycles. The molecule has 4 aromatic rings. The molecule has 0 spiro atoms. The highest BCUT2D eigenvalue weighted by Crippen LogP contribution is 2.31. The van der Waals surface area contributed by atoms with E-state index in [0.717, 1.165) is 54.3 Å². The van der Waals surface area contributed by atoms with Gasteiger partial charge in [-0.3, -0.25) is 4.90 Å². The molecule has 1 aliphatic rings. The summed E-state index contributed by atoms with van der Waals surface area (Å²) >= 11 is 0. The first kappa shape index (κ1) is 17.2. The molecule has 7 heteroatoms. The molecule has 1 aliphatic heterocycles. The molecule has 0 bridgehead atoms. The summed E-state index contributed by atoms with van der Waals surface area (Å²) in [6, 6.07) is 12.0. The Morgan fingerprint density at radius 2 is 1.93 bits per heavy atom. The SMILES string of the molecule is Cc1ccc(C(CNc2ncnc3c2oc2ccccc23)N2CCOCC2)o1. The number of rotatable bonds is 5. The highest BCUT2D eigenvalue weighted by Gasteiger charge is 2.26. The van der Waals surface area contributed by atoms with Gasteiger partial charge in [0, 0.05) is 25.0 Å². The molecule has 0 saturated carbocycles. The molecule has 1 atom stereocenters. The van der Waals surface area contributed by atoms with Crippen molar-refractivity contribution in [1.82, 2.24) is 14.9 Å². The molecule has 144 valence electrons. The Kier molecular flexibility index (Phi) is 4.46. The molecular weight excluding hydrogens is 356 g/mol. The number of aryl methyl sites for hydroxylation is 1. The molecule has 1 unspecified atom stereocenters. The van der Waals surface area contributed by atoms with E-state index in [1.165, 1.54) is 0 Å². The number of hydrogen-bond donors (Lipinski definition) is 1. The van der Waals surface area contributed by atoms with Gasteiger partial charge in [0.05, 0.1) is 19.3 Å². The predicted molar refractivity (Wildman–Crippen MR) is 106 cm³/mol. The monoisotopic (exact) mass is 378 g/mol. The lowest BCUT2D eigenvalue weighted by Crippen LogP contribution is -2.41. The second-order valence-electron chi connectivity index (χ2n) is 6.99. The first-order valence-electron chi connectivity index (χ1n) is 9.54. The topological polar surface area (TPSA) is 76.6 Å². The summed E-state index contributed by atoms with van der Waals surface area (Å²) in [5, 5.41) is 4.46. The van der Waals surface area contributed by atoms with Gasteiger partial charge in [0.25, 0.3) is 0 Å². The normalized spacial score (nSPS) is 16.6. The second kappa shape index (κ2) is 7.26. The Labute approximate surface area is 162 Å². The van der Waals surface area contributed by atoms with Gasteiger partial charge < -0.3 is 18.9 Å². The number of hydrogen-bond acceptors (Lipinski definition) is 7. The quantitative estimate of drug-likeness (QED) is 0.566. The summed E-state index contributed by atoms with van der Waals surface area (Å²) in [5.41, 5.74) is 2.32. The Bertz CT molecular complexity index is 1100. The van der Waals surface area contributed by atoms with Gasteiger partial charge in [0.1, 0.15) is 28.9 Å². The zero-order valence-electron chi connectivity index (χ0n) is 15.7. The van der Waals surface area contributed by atoms with E-state index in [9.17, 15) is 0 Å². The fourth-order valence-corrected chi connectivity index (χ4v) is 3.77. The number of aromatic nitrogens is 2. The van der Waals surface area contributed by atoms with E-state index in [1.54, 1.807) is 6.33 Å². The maximum Gasteiger partial charge on any atom is 0.196 e. The summed E-state index contributed by atoms with van der Waals surface area (Å²) in [6.07, 6.45) is 1.58. The number of morpholine rings is 1. The molecule has 0 radical (unpaired) electrons. The minimum absolute atomic E-state index is 0.0898. The van der Waals surface area contributed by atoms with Crippen molar-refractivity contribution in [2.24, 2.45) is 0 Å². The summed E-state index contributed by atoms with van der Waals surface area (Å²) in [4.78, 5) is 11.2. The minimum Gasteiger partial charge on any atom is -0.465 e. The number of nitrogens with one attached hydrogen (secondary N) is 1. The highest BCUT2D eigenvalue weighted by atomic mass is 16.5. The number of furan rings is 2. The van der Waals surface area contributed by atoms with E-state index in [0.29, 0.717) is 17.9 Å². The van der Waals surface area contributed by atoms with Crippen molar-refractivity contribution in [3.63, 3.8) is 0 Å². The van der Waals surface area contributed by atoms with Crippen LogP contribution >= 0.6 is 0 Å². The van der Waals surface area contributed by atoms with Gasteiger partial charge in [-0.15, -0.1) is 0 Å². The summed E-state index contributed by atoms with van der Waals surface area (Å²) in [5.74, 6) is 2.56. The van der Waals surface area contributed by atoms with Crippen LogP contribution in [0.1, 0.15) is 17.6 Å². The van der Waals surface area contributed by atoms with Gasteiger partial charge in [-0.1, -0.05) is 12.1 Å². The third kappa shape index (κ3) is 3.12. The van der Waals surface area contributed by atoms with Crippen LogP contribution in [0.4, 0.5) is 5.82 Å². The van der Waals surface area contributed by atoms with Gasteiger partial charge in [0.2, 0.25) is 0 Å². The average Bonchev–Trinajstić information content (AvgIpc) is 3.33. The van der Waals surface area contributed by atoms with Gasteiger partial charge in [-0.2, -0.15) is 0 Å². The maximum absolute atomic E-state index is 6.03. The number of ether oxygens (including phenoxy) is 1. The lowest BCUT2D eigenvalue weighted by Gasteiger charge is -2.33. The molecule has 1 aromatic carbocycles. The van der Waals surface area contributed by atoms with Crippen LogP contribution in [0.3, 0.4) is 0 Å². The van der Waals surface area contributed by atoms with Crippen LogP contribution in [0.25, 0.3) is 22.1 Å². The molecule has 1 saturated heterocycles. The van der Waals surface area contributed by atoms with E-state index >= 15 is 0 Å². The summed E-state index contributed by atoms with van der Waals surface area (Å²) < 4.78 is 17.5. The molecule has 7 nitrogen and oxygen atoms in total. The van der Waals surface area contributed by atoms with E-state index in [2.05, 4.69) is 20.2 Å². The molecule has 5 rings (SSSR count). The maximum atomic E-state index is 6.03. The van der Waals surface area contributed by atoms with Crippen molar-refractivity contribution < 1.29 is 13.6 Å². The lowest BCUT2D eigenvalue weighted by molar-refractivity contribution is 0.0143. The van der Waals surface area contributed by atoms with Crippen LogP contribution in [0.5, 0.6) is 0 Å². The Balaban J connectivity index is 1.45. The van der Waals surface area contributed by atoms with Crippen molar-refractivity contribution in [1.29, 1.82) is 0 Å². The zero-order chi connectivity index (χ0) is 18.9. The van der Waals surface area contributed by atoms with E-state index in [4.69, 9.17) is 13.6 Å². The van der Waals surface area contributed by atoms with E-state index in [-0.39, 0.29) is 6.04 Å². The standard InChI is InChI=1S/C21H22N4O3/c1-14-6-7-18(27-14)16(25-8-10-26-11-9-25)12-22-21-20-19(23-13-24-21)15-4-2-3-5-17(15)28-20/h2-7,13,16H,8-12H2,1H3,(H,22,23,24).